The second-order valence-corrected chi connectivity index (χ2v) is 9.23. The van der Waals surface area contributed by atoms with Crippen LogP contribution < -0.4 is 15.6 Å². The lowest BCUT2D eigenvalue weighted by Gasteiger charge is -2.17. The first kappa shape index (κ1) is 21.7. The minimum absolute atomic E-state index is 0.0763. The predicted octanol–water partition coefficient (Wildman–Crippen LogP) is 4.36. The summed E-state index contributed by atoms with van der Waals surface area (Å²) < 4.78 is 7.03. The molecule has 4 rings (SSSR count). The van der Waals surface area contributed by atoms with Crippen LogP contribution in [0, 0.1) is 12.8 Å². The van der Waals surface area contributed by atoms with Crippen molar-refractivity contribution >= 4 is 40.2 Å². The van der Waals surface area contributed by atoms with Crippen molar-refractivity contribution < 1.29 is 9.53 Å². The minimum atomic E-state index is -0.236. The van der Waals surface area contributed by atoms with Crippen LogP contribution in [0.2, 0.25) is 5.02 Å². The number of carbonyl (C=O) groups is 1. The van der Waals surface area contributed by atoms with E-state index in [2.05, 4.69) is 10.3 Å². The van der Waals surface area contributed by atoms with Crippen molar-refractivity contribution in [2.45, 2.75) is 37.9 Å². The van der Waals surface area contributed by atoms with E-state index in [-0.39, 0.29) is 23.3 Å². The number of aryl methyl sites for hydroxylation is 1. The van der Waals surface area contributed by atoms with Crippen molar-refractivity contribution in [1.82, 2.24) is 14.9 Å². The number of nitrogens with zero attached hydrogens (tertiary/aromatic N) is 2. The molecule has 31 heavy (non-hydrogen) atoms. The number of nitrogens with one attached hydrogen (secondary N) is 1. The molecule has 1 fully saturated rings. The van der Waals surface area contributed by atoms with Crippen LogP contribution in [-0.2, 0) is 4.79 Å². The first-order valence-corrected chi connectivity index (χ1v) is 11.5. The fourth-order valence-electron chi connectivity index (χ4n) is 3.56. The van der Waals surface area contributed by atoms with Gasteiger partial charge in [-0.2, -0.15) is 0 Å². The van der Waals surface area contributed by atoms with Gasteiger partial charge in [0.05, 0.1) is 29.5 Å². The van der Waals surface area contributed by atoms with Crippen molar-refractivity contribution in [1.29, 1.82) is 0 Å². The largest absolute Gasteiger partial charge is 0.495 e. The van der Waals surface area contributed by atoms with Gasteiger partial charge in [0, 0.05) is 11.1 Å². The van der Waals surface area contributed by atoms with Gasteiger partial charge in [0.15, 0.2) is 5.16 Å². The molecule has 1 N–H and O–H groups in total. The van der Waals surface area contributed by atoms with E-state index in [1.807, 2.05) is 32.0 Å². The average Bonchev–Trinajstić information content (AvgIpc) is 3.57. The lowest BCUT2D eigenvalue weighted by Crippen LogP contribution is -2.35. The number of amides is 1. The summed E-state index contributed by atoms with van der Waals surface area (Å²) in [5.41, 5.74) is 1.83. The van der Waals surface area contributed by atoms with Crippen LogP contribution in [0.5, 0.6) is 5.75 Å². The first-order valence-electron chi connectivity index (χ1n) is 10.2. The Balaban J connectivity index is 1.77. The first-order chi connectivity index (χ1) is 14.9. The Bertz CT molecular complexity index is 1210. The molecule has 1 saturated carbocycles. The summed E-state index contributed by atoms with van der Waals surface area (Å²) in [5.74, 6) is 1.21. The highest BCUT2D eigenvalue weighted by Gasteiger charge is 2.29. The van der Waals surface area contributed by atoms with Gasteiger partial charge in [-0.3, -0.25) is 14.2 Å². The normalized spacial score (nSPS) is 14.5. The third-order valence-corrected chi connectivity index (χ3v) is 6.60. The van der Waals surface area contributed by atoms with Crippen molar-refractivity contribution in [3.63, 3.8) is 0 Å². The van der Waals surface area contributed by atoms with Gasteiger partial charge >= 0.3 is 0 Å². The summed E-state index contributed by atoms with van der Waals surface area (Å²) >= 11 is 7.35. The van der Waals surface area contributed by atoms with E-state index < -0.39 is 0 Å². The van der Waals surface area contributed by atoms with E-state index in [0.29, 0.717) is 38.4 Å². The van der Waals surface area contributed by atoms with E-state index in [1.54, 1.807) is 25.3 Å². The van der Waals surface area contributed by atoms with Crippen LogP contribution >= 0.6 is 23.4 Å². The number of fused-ring (bicyclic) bond motifs is 1. The molecule has 2 aromatic carbocycles. The number of carbonyl (C=O) groups excluding carboxylic acids is 1. The van der Waals surface area contributed by atoms with Gasteiger partial charge in [-0.1, -0.05) is 29.4 Å². The van der Waals surface area contributed by atoms with Crippen LogP contribution in [0.25, 0.3) is 16.6 Å². The molecule has 1 amide bonds. The molecule has 1 heterocycles. The Morgan fingerprint density at radius 2 is 2.10 bits per heavy atom. The summed E-state index contributed by atoms with van der Waals surface area (Å²) in [4.78, 5) is 30.6. The summed E-state index contributed by atoms with van der Waals surface area (Å²) in [5, 5.41) is 4.40. The highest BCUT2D eigenvalue weighted by Crippen LogP contribution is 2.32. The fraction of sp³-hybridized carbons (Fsp3) is 0.348. The van der Waals surface area contributed by atoms with Crippen LogP contribution in [-0.4, -0.2) is 34.4 Å². The van der Waals surface area contributed by atoms with Crippen molar-refractivity contribution in [3.8, 4) is 11.4 Å². The standard InChI is InChI=1S/C23H24ClN3O3S/c1-13-4-9-20(30-3)19(10-13)27-22(29)17-8-7-16(24)11-18(17)26-23(27)31-12-21(28)25-14(2)15-5-6-15/h4,7-11,14-15H,5-6,12H2,1-3H3,(H,25,28). The van der Waals surface area contributed by atoms with E-state index in [0.717, 1.165) is 18.4 Å². The molecule has 0 spiro atoms. The number of aromatic nitrogens is 2. The molecule has 162 valence electrons. The zero-order chi connectivity index (χ0) is 22.1. The molecule has 1 atom stereocenters. The van der Waals surface area contributed by atoms with E-state index >= 15 is 0 Å². The second kappa shape index (κ2) is 8.93. The average molecular weight is 458 g/mol. The van der Waals surface area contributed by atoms with Gasteiger partial charge < -0.3 is 10.1 Å². The molecule has 0 radical (unpaired) electrons. The van der Waals surface area contributed by atoms with Crippen LogP contribution in [0.1, 0.15) is 25.3 Å². The molecule has 0 saturated heterocycles. The Morgan fingerprint density at radius 1 is 1.32 bits per heavy atom. The SMILES string of the molecule is COc1ccc(C)cc1-n1c(SCC(=O)NC(C)C2CC2)nc2cc(Cl)ccc2c1=O. The minimum Gasteiger partial charge on any atom is -0.495 e. The lowest BCUT2D eigenvalue weighted by molar-refractivity contribution is -0.119. The van der Waals surface area contributed by atoms with E-state index in [9.17, 15) is 9.59 Å². The number of hydrogen-bond acceptors (Lipinski definition) is 5. The number of rotatable bonds is 7. The summed E-state index contributed by atoms with van der Waals surface area (Å²) in [6.07, 6.45) is 2.32. The molecule has 1 aliphatic rings. The van der Waals surface area contributed by atoms with Gasteiger partial charge in [-0.05, 0) is 68.5 Å². The highest BCUT2D eigenvalue weighted by atomic mass is 35.5. The molecule has 6 nitrogen and oxygen atoms in total. The summed E-state index contributed by atoms with van der Waals surface area (Å²) in [6.45, 7) is 3.98. The smallest absolute Gasteiger partial charge is 0.266 e. The predicted molar refractivity (Wildman–Crippen MR) is 125 cm³/mol. The maximum atomic E-state index is 13.5. The van der Waals surface area contributed by atoms with Gasteiger partial charge in [-0.15, -0.1) is 0 Å². The molecule has 8 heteroatoms. The maximum Gasteiger partial charge on any atom is 0.266 e. The molecule has 1 aliphatic carbocycles. The second-order valence-electron chi connectivity index (χ2n) is 7.85. The quantitative estimate of drug-likeness (QED) is 0.421. The van der Waals surface area contributed by atoms with Crippen LogP contribution in [0.4, 0.5) is 0 Å². The van der Waals surface area contributed by atoms with Gasteiger partial charge in [0.2, 0.25) is 5.91 Å². The Hall–Kier alpha value is -2.51. The number of ether oxygens (including phenoxy) is 1. The number of benzene rings is 2. The monoisotopic (exact) mass is 457 g/mol. The molecule has 1 aromatic heterocycles. The molecule has 1 unspecified atom stereocenters. The molecule has 3 aromatic rings. The topological polar surface area (TPSA) is 73.2 Å². The van der Waals surface area contributed by atoms with Crippen LogP contribution in [0.3, 0.4) is 0 Å². The third kappa shape index (κ3) is 4.72. The van der Waals surface area contributed by atoms with Crippen molar-refractivity contribution in [3.05, 3.63) is 57.3 Å². The number of halogens is 1. The molecular formula is C23H24ClN3O3S. The molecule has 0 bridgehead atoms. The lowest BCUT2D eigenvalue weighted by atomic mass is 10.2. The number of thioether (sulfide) groups is 1. The van der Waals surface area contributed by atoms with Crippen molar-refractivity contribution in [2.24, 2.45) is 5.92 Å². The summed E-state index contributed by atoms with van der Waals surface area (Å²) in [7, 11) is 1.56. The fourth-order valence-corrected chi connectivity index (χ4v) is 4.55. The molecule has 0 aliphatic heterocycles. The van der Waals surface area contributed by atoms with E-state index in [1.165, 1.54) is 16.3 Å². The number of methoxy groups -OCH3 is 1. The van der Waals surface area contributed by atoms with Gasteiger partial charge in [0.25, 0.3) is 5.56 Å². The van der Waals surface area contributed by atoms with E-state index in [4.69, 9.17) is 16.3 Å². The Morgan fingerprint density at radius 3 is 2.81 bits per heavy atom. The summed E-state index contributed by atoms with van der Waals surface area (Å²) in [6, 6.07) is 10.8. The zero-order valence-electron chi connectivity index (χ0n) is 17.6. The molecular weight excluding hydrogens is 434 g/mol. The number of hydrogen-bond donors (Lipinski definition) is 1. The Kier molecular flexibility index (Phi) is 6.25. The van der Waals surface area contributed by atoms with Crippen molar-refractivity contribution in [2.75, 3.05) is 12.9 Å². The highest BCUT2D eigenvalue weighted by molar-refractivity contribution is 7.99. The zero-order valence-corrected chi connectivity index (χ0v) is 19.2. The van der Waals surface area contributed by atoms with Gasteiger partial charge in [-0.25, -0.2) is 4.98 Å². The maximum absolute atomic E-state index is 13.5. The third-order valence-electron chi connectivity index (χ3n) is 5.43. The van der Waals surface area contributed by atoms with Gasteiger partial charge in [0.1, 0.15) is 5.75 Å². The Labute approximate surface area is 190 Å². The van der Waals surface area contributed by atoms with Crippen LogP contribution in [0.15, 0.2) is 46.3 Å².